The van der Waals surface area contributed by atoms with Crippen LogP contribution in [0.15, 0.2) is 90.0 Å². The Kier molecular flexibility index (Phi) is 8.15. The lowest BCUT2D eigenvalue weighted by Crippen LogP contribution is -2.49. The lowest BCUT2D eigenvalue weighted by atomic mass is 9.98. The van der Waals surface area contributed by atoms with E-state index in [1.807, 2.05) is 74.5 Å². The van der Waals surface area contributed by atoms with E-state index in [-0.39, 0.29) is 17.7 Å². The minimum atomic E-state index is -0.697. The first-order valence-electron chi connectivity index (χ1n) is 10.6. The second-order valence-electron chi connectivity index (χ2n) is 7.42. The van der Waals surface area contributed by atoms with Gasteiger partial charge in [-0.05, 0) is 47.9 Å². The normalized spacial score (nSPS) is 12.7. The topological polar surface area (TPSA) is 79.8 Å². The number of hydrazone groups is 1. The average molecular weight is 430 g/mol. The lowest BCUT2D eigenvalue weighted by molar-refractivity contribution is -0.124. The van der Waals surface area contributed by atoms with Crippen molar-refractivity contribution in [2.75, 3.05) is 0 Å². The zero-order valence-electron chi connectivity index (χ0n) is 18.2. The Hall–Kier alpha value is -3.93. The van der Waals surface area contributed by atoms with Crippen molar-refractivity contribution in [1.82, 2.24) is 10.7 Å². The molecule has 0 aromatic heterocycles. The number of para-hydroxylation sites is 1. The fourth-order valence-electron chi connectivity index (χ4n) is 3.04. The Balaban J connectivity index is 1.63. The van der Waals surface area contributed by atoms with Crippen LogP contribution in [0.1, 0.15) is 36.2 Å². The Bertz CT molecular complexity index is 1050. The SMILES string of the molecule is CC[C@@H](C)[C@@H](NC(=O)c1ccccc1)C(=O)NN=Cc1cccc(Oc2ccccc2)c1. The van der Waals surface area contributed by atoms with E-state index >= 15 is 0 Å². The quantitative estimate of drug-likeness (QED) is 0.380. The third-order valence-electron chi connectivity index (χ3n) is 5.04. The van der Waals surface area contributed by atoms with Crippen LogP contribution in [0.5, 0.6) is 11.5 Å². The molecular weight excluding hydrogens is 402 g/mol. The van der Waals surface area contributed by atoms with Crippen molar-refractivity contribution >= 4 is 18.0 Å². The van der Waals surface area contributed by atoms with Crippen LogP contribution in [-0.2, 0) is 4.79 Å². The first-order chi connectivity index (χ1) is 15.6. The lowest BCUT2D eigenvalue weighted by Gasteiger charge is -2.22. The van der Waals surface area contributed by atoms with Gasteiger partial charge in [-0.3, -0.25) is 9.59 Å². The van der Waals surface area contributed by atoms with Crippen LogP contribution < -0.4 is 15.5 Å². The highest BCUT2D eigenvalue weighted by Gasteiger charge is 2.26. The summed E-state index contributed by atoms with van der Waals surface area (Å²) < 4.78 is 5.82. The first-order valence-corrected chi connectivity index (χ1v) is 10.6. The van der Waals surface area contributed by atoms with Gasteiger partial charge in [0.1, 0.15) is 17.5 Å². The van der Waals surface area contributed by atoms with Gasteiger partial charge in [0.05, 0.1) is 6.21 Å². The monoisotopic (exact) mass is 429 g/mol. The number of nitrogens with one attached hydrogen (secondary N) is 2. The molecule has 3 aromatic carbocycles. The van der Waals surface area contributed by atoms with Gasteiger partial charge >= 0.3 is 0 Å². The van der Waals surface area contributed by atoms with E-state index in [0.29, 0.717) is 11.3 Å². The van der Waals surface area contributed by atoms with Gasteiger partial charge in [0.2, 0.25) is 0 Å². The average Bonchev–Trinajstić information content (AvgIpc) is 2.83. The molecule has 0 heterocycles. The second-order valence-corrected chi connectivity index (χ2v) is 7.42. The van der Waals surface area contributed by atoms with E-state index in [0.717, 1.165) is 17.7 Å². The van der Waals surface area contributed by atoms with Crippen molar-refractivity contribution in [2.24, 2.45) is 11.0 Å². The van der Waals surface area contributed by atoms with E-state index in [1.165, 1.54) is 0 Å². The minimum absolute atomic E-state index is 0.0551. The van der Waals surface area contributed by atoms with Gasteiger partial charge in [-0.25, -0.2) is 5.43 Å². The summed E-state index contributed by atoms with van der Waals surface area (Å²) in [4.78, 5) is 25.3. The maximum absolute atomic E-state index is 12.7. The summed E-state index contributed by atoms with van der Waals surface area (Å²) in [5.41, 5.74) is 3.82. The van der Waals surface area contributed by atoms with Gasteiger partial charge in [-0.1, -0.05) is 68.8 Å². The second kappa shape index (κ2) is 11.5. The number of hydrogen-bond donors (Lipinski definition) is 2. The van der Waals surface area contributed by atoms with E-state index in [4.69, 9.17) is 4.74 Å². The Morgan fingerprint density at radius 2 is 1.59 bits per heavy atom. The van der Waals surface area contributed by atoms with Gasteiger partial charge in [0, 0.05) is 5.56 Å². The van der Waals surface area contributed by atoms with Gasteiger partial charge in [-0.15, -0.1) is 0 Å². The Morgan fingerprint density at radius 3 is 2.28 bits per heavy atom. The number of carbonyl (C=O) groups is 2. The van der Waals surface area contributed by atoms with Crippen LogP contribution in [0.4, 0.5) is 0 Å². The van der Waals surface area contributed by atoms with Gasteiger partial charge < -0.3 is 10.1 Å². The fourth-order valence-corrected chi connectivity index (χ4v) is 3.04. The molecule has 0 aliphatic rings. The molecule has 3 aromatic rings. The number of amides is 2. The molecule has 2 N–H and O–H groups in total. The molecule has 0 saturated carbocycles. The van der Waals surface area contributed by atoms with Gasteiger partial charge in [-0.2, -0.15) is 5.10 Å². The van der Waals surface area contributed by atoms with Crippen molar-refractivity contribution < 1.29 is 14.3 Å². The molecule has 3 rings (SSSR count). The highest BCUT2D eigenvalue weighted by Crippen LogP contribution is 2.21. The molecular formula is C26H27N3O3. The molecule has 0 fully saturated rings. The minimum Gasteiger partial charge on any atom is -0.457 e. The first kappa shape index (κ1) is 22.7. The Morgan fingerprint density at radius 1 is 0.938 bits per heavy atom. The third-order valence-corrected chi connectivity index (χ3v) is 5.04. The molecule has 0 spiro atoms. The van der Waals surface area contributed by atoms with E-state index in [9.17, 15) is 9.59 Å². The van der Waals surface area contributed by atoms with Crippen molar-refractivity contribution in [2.45, 2.75) is 26.3 Å². The summed E-state index contributed by atoms with van der Waals surface area (Å²) in [7, 11) is 0. The van der Waals surface area contributed by atoms with Crippen LogP contribution in [-0.4, -0.2) is 24.1 Å². The molecule has 0 aliphatic heterocycles. The van der Waals surface area contributed by atoms with Gasteiger partial charge in [0.15, 0.2) is 0 Å². The highest BCUT2D eigenvalue weighted by atomic mass is 16.5. The summed E-state index contributed by atoms with van der Waals surface area (Å²) in [5, 5.41) is 6.90. The van der Waals surface area contributed by atoms with Crippen LogP contribution in [0.25, 0.3) is 0 Å². The van der Waals surface area contributed by atoms with Crippen molar-refractivity contribution in [3.8, 4) is 11.5 Å². The van der Waals surface area contributed by atoms with E-state index in [1.54, 1.807) is 30.5 Å². The summed E-state index contributed by atoms with van der Waals surface area (Å²) in [6.07, 6.45) is 2.28. The van der Waals surface area contributed by atoms with E-state index < -0.39 is 6.04 Å². The van der Waals surface area contributed by atoms with Crippen LogP contribution in [0.3, 0.4) is 0 Å². The standard InChI is InChI=1S/C26H27N3O3/c1-3-19(2)24(28-25(30)21-12-6-4-7-13-21)26(31)29-27-18-20-11-10-16-23(17-20)32-22-14-8-5-9-15-22/h4-19,24H,3H2,1-2H3,(H,28,30)(H,29,31)/t19-,24-/m1/s1. The highest BCUT2D eigenvalue weighted by molar-refractivity contribution is 5.97. The Labute approximate surface area is 188 Å². The predicted octanol–water partition coefficient (Wildman–Crippen LogP) is 4.77. The number of ether oxygens (including phenoxy) is 1. The molecule has 2 amide bonds. The summed E-state index contributed by atoms with van der Waals surface area (Å²) >= 11 is 0. The molecule has 164 valence electrons. The maximum atomic E-state index is 12.7. The molecule has 0 bridgehead atoms. The fraction of sp³-hybridized carbons (Fsp3) is 0.192. The molecule has 0 saturated heterocycles. The van der Waals surface area contributed by atoms with E-state index in [2.05, 4.69) is 15.8 Å². The zero-order valence-corrected chi connectivity index (χ0v) is 18.2. The van der Waals surface area contributed by atoms with Crippen LogP contribution in [0, 0.1) is 5.92 Å². The molecule has 2 atom stereocenters. The molecule has 6 heteroatoms. The number of carbonyl (C=O) groups excluding carboxylic acids is 2. The number of nitrogens with zero attached hydrogens (tertiary/aromatic N) is 1. The molecule has 32 heavy (non-hydrogen) atoms. The number of hydrogen-bond acceptors (Lipinski definition) is 4. The van der Waals surface area contributed by atoms with Crippen molar-refractivity contribution in [1.29, 1.82) is 0 Å². The largest absolute Gasteiger partial charge is 0.457 e. The zero-order chi connectivity index (χ0) is 22.8. The molecule has 6 nitrogen and oxygen atoms in total. The molecule has 0 radical (unpaired) electrons. The number of rotatable bonds is 9. The summed E-state index contributed by atoms with van der Waals surface area (Å²) in [6.45, 7) is 3.89. The third kappa shape index (κ3) is 6.54. The number of benzene rings is 3. The summed E-state index contributed by atoms with van der Waals surface area (Å²) in [5.74, 6) is 0.692. The molecule has 0 aliphatic carbocycles. The smallest absolute Gasteiger partial charge is 0.262 e. The van der Waals surface area contributed by atoms with Crippen molar-refractivity contribution in [3.63, 3.8) is 0 Å². The van der Waals surface area contributed by atoms with Gasteiger partial charge in [0.25, 0.3) is 11.8 Å². The van der Waals surface area contributed by atoms with Crippen LogP contribution >= 0.6 is 0 Å². The maximum Gasteiger partial charge on any atom is 0.262 e. The summed E-state index contributed by atoms with van der Waals surface area (Å²) in [6, 6.07) is 25.0. The molecule has 0 unspecified atom stereocenters. The van der Waals surface area contributed by atoms with Crippen molar-refractivity contribution in [3.05, 3.63) is 96.1 Å². The predicted molar refractivity (Wildman–Crippen MR) is 126 cm³/mol. The van der Waals surface area contributed by atoms with Crippen LogP contribution in [0.2, 0.25) is 0 Å².